The van der Waals surface area contributed by atoms with Gasteiger partial charge in [0, 0.05) is 10.7 Å². The Labute approximate surface area is 110 Å². The molecule has 0 saturated heterocycles. The molecule has 1 N–H and O–H groups in total. The Morgan fingerprint density at radius 2 is 2.00 bits per heavy atom. The lowest BCUT2D eigenvalue weighted by molar-refractivity contribution is -0.148. The predicted molar refractivity (Wildman–Crippen MR) is 68.3 cm³/mol. The maximum absolute atomic E-state index is 11.5. The van der Waals surface area contributed by atoms with Crippen molar-refractivity contribution in [3.63, 3.8) is 0 Å². The third kappa shape index (κ3) is 3.47. The Kier molecular flexibility index (Phi) is 3.87. The lowest BCUT2D eigenvalue weighted by atomic mass is 10.3. The van der Waals surface area contributed by atoms with E-state index in [4.69, 9.17) is 16.3 Å². The summed E-state index contributed by atoms with van der Waals surface area (Å²) in [5.41, 5.74) is 0.625. The fourth-order valence-electron chi connectivity index (χ4n) is 1.62. The van der Waals surface area contributed by atoms with Gasteiger partial charge in [-0.25, -0.2) is 0 Å². The number of nitrogens with one attached hydrogen (secondary N) is 1. The van der Waals surface area contributed by atoms with Crippen molar-refractivity contribution < 1.29 is 14.3 Å². The van der Waals surface area contributed by atoms with Gasteiger partial charge in [-0.05, 0) is 36.6 Å². The van der Waals surface area contributed by atoms with Gasteiger partial charge in [0.2, 0.25) is 0 Å². The molecular formula is C13H14ClNO3. The summed E-state index contributed by atoms with van der Waals surface area (Å²) < 4.78 is 4.92. The summed E-state index contributed by atoms with van der Waals surface area (Å²) in [6, 6.07) is 6.72. The molecule has 0 aliphatic heterocycles. The molecule has 1 aliphatic carbocycles. The second-order valence-corrected chi connectivity index (χ2v) is 4.92. The number of amides is 1. The van der Waals surface area contributed by atoms with Crippen LogP contribution in [-0.2, 0) is 14.3 Å². The van der Waals surface area contributed by atoms with Crippen molar-refractivity contribution in [3.05, 3.63) is 29.3 Å². The fraction of sp³-hybridized carbons (Fsp3) is 0.385. The number of hydrogen-bond acceptors (Lipinski definition) is 3. The molecule has 0 bridgehead atoms. The molecule has 1 amide bonds. The number of esters is 1. The van der Waals surface area contributed by atoms with Crippen molar-refractivity contribution in [2.75, 3.05) is 11.9 Å². The molecule has 5 heteroatoms. The second kappa shape index (κ2) is 5.40. The van der Waals surface area contributed by atoms with Crippen LogP contribution in [0.5, 0.6) is 0 Å². The number of anilines is 1. The molecule has 2 atom stereocenters. The average molecular weight is 268 g/mol. The minimum atomic E-state index is -0.348. The van der Waals surface area contributed by atoms with Crippen molar-refractivity contribution >= 4 is 29.2 Å². The molecule has 1 aliphatic rings. The lowest BCUT2D eigenvalue weighted by Gasteiger charge is -2.06. The Morgan fingerprint density at radius 1 is 1.39 bits per heavy atom. The maximum atomic E-state index is 11.5. The van der Waals surface area contributed by atoms with Crippen LogP contribution in [0.4, 0.5) is 5.69 Å². The van der Waals surface area contributed by atoms with Crippen molar-refractivity contribution in [3.8, 4) is 0 Å². The molecule has 1 fully saturated rings. The van der Waals surface area contributed by atoms with Crippen LogP contribution in [0.3, 0.4) is 0 Å². The zero-order chi connectivity index (χ0) is 13.1. The summed E-state index contributed by atoms with van der Waals surface area (Å²) in [6.07, 6.45) is 0.859. The average Bonchev–Trinajstić information content (AvgIpc) is 3.06. The standard InChI is InChI=1S/C13H14ClNO3/c1-8-6-11(8)13(17)18-7-12(16)15-10-4-2-9(14)3-5-10/h2-5,8,11H,6-7H2,1H3,(H,15,16)/t8-,11+/m1/s1. The van der Waals surface area contributed by atoms with E-state index < -0.39 is 0 Å². The minimum Gasteiger partial charge on any atom is -0.455 e. The van der Waals surface area contributed by atoms with E-state index in [-0.39, 0.29) is 24.4 Å². The molecular weight excluding hydrogens is 254 g/mol. The fourth-order valence-corrected chi connectivity index (χ4v) is 1.75. The van der Waals surface area contributed by atoms with E-state index in [2.05, 4.69) is 5.32 Å². The highest BCUT2D eigenvalue weighted by Gasteiger charge is 2.40. The van der Waals surface area contributed by atoms with Crippen LogP contribution in [0.1, 0.15) is 13.3 Å². The van der Waals surface area contributed by atoms with Gasteiger partial charge in [-0.1, -0.05) is 18.5 Å². The van der Waals surface area contributed by atoms with Crippen LogP contribution < -0.4 is 5.32 Å². The van der Waals surface area contributed by atoms with Gasteiger partial charge in [0.25, 0.3) is 5.91 Å². The first kappa shape index (κ1) is 12.9. The highest BCUT2D eigenvalue weighted by atomic mass is 35.5. The highest BCUT2D eigenvalue weighted by molar-refractivity contribution is 6.30. The molecule has 4 nitrogen and oxygen atoms in total. The number of halogens is 1. The van der Waals surface area contributed by atoms with Gasteiger partial charge in [0.1, 0.15) is 0 Å². The molecule has 0 heterocycles. The smallest absolute Gasteiger partial charge is 0.309 e. The number of carbonyl (C=O) groups is 2. The van der Waals surface area contributed by atoms with Crippen molar-refractivity contribution in [1.82, 2.24) is 0 Å². The van der Waals surface area contributed by atoms with E-state index in [9.17, 15) is 9.59 Å². The molecule has 2 rings (SSSR count). The zero-order valence-electron chi connectivity index (χ0n) is 9.98. The minimum absolute atomic E-state index is 0.0201. The Bertz CT molecular complexity index is 458. The number of benzene rings is 1. The predicted octanol–water partition coefficient (Wildman–Crippen LogP) is 2.48. The van der Waals surface area contributed by atoms with Crippen LogP contribution >= 0.6 is 11.6 Å². The summed E-state index contributed by atoms with van der Waals surface area (Å²) in [5.74, 6) is -0.266. The number of rotatable bonds is 4. The van der Waals surface area contributed by atoms with Crippen LogP contribution in [0.25, 0.3) is 0 Å². The quantitative estimate of drug-likeness (QED) is 0.853. The summed E-state index contributed by atoms with van der Waals surface area (Å²) in [6.45, 7) is 1.74. The van der Waals surface area contributed by atoms with E-state index in [0.29, 0.717) is 16.6 Å². The first-order valence-electron chi connectivity index (χ1n) is 5.78. The number of carbonyl (C=O) groups excluding carboxylic acids is 2. The van der Waals surface area contributed by atoms with E-state index in [1.54, 1.807) is 24.3 Å². The zero-order valence-corrected chi connectivity index (χ0v) is 10.7. The monoisotopic (exact) mass is 267 g/mol. The van der Waals surface area contributed by atoms with Gasteiger partial charge in [0.15, 0.2) is 6.61 Å². The van der Waals surface area contributed by atoms with Crippen LogP contribution in [-0.4, -0.2) is 18.5 Å². The molecule has 96 valence electrons. The summed E-state index contributed by atoms with van der Waals surface area (Å²) in [7, 11) is 0. The Morgan fingerprint density at radius 3 is 2.56 bits per heavy atom. The third-order valence-corrected chi connectivity index (χ3v) is 3.14. The maximum Gasteiger partial charge on any atom is 0.309 e. The normalized spacial score (nSPS) is 21.2. The van der Waals surface area contributed by atoms with Crippen LogP contribution in [0, 0.1) is 11.8 Å². The van der Waals surface area contributed by atoms with Crippen molar-refractivity contribution in [2.45, 2.75) is 13.3 Å². The lowest BCUT2D eigenvalue weighted by Crippen LogP contribution is -2.21. The summed E-state index contributed by atoms with van der Waals surface area (Å²) >= 11 is 5.72. The molecule has 0 spiro atoms. The van der Waals surface area contributed by atoms with E-state index >= 15 is 0 Å². The summed E-state index contributed by atoms with van der Waals surface area (Å²) in [5, 5.41) is 3.22. The molecule has 1 aromatic carbocycles. The largest absolute Gasteiger partial charge is 0.455 e. The number of hydrogen-bond donors (Lipinski definition) is 1. The van der Waals surface area contributed by atoms with Crippen LogP contribution in [0.2, 0.25) is 5.02 Å². The number of ether oxygens (including phenoxy) is 1. The molecule has 0 radical (unpaired) electrons. The molecule has 1 aromatic rings. The third-order valence-electron chi connectivity index (χ3n) is 2.89. The molecule has 18 heavy (non-hydrogen) atoms. The first-order valence-corrected chi connectivity index (χ1v) is 6.16. The Hall–Kier alpha value is -1.55. The SMILES string of the molecule is C[C@@H]1C[C@@H]1C(=O)OCC(=O)Nc1ccc(Cl)cc1. The van der Waals surface area contributed by atoms with E-state index in [1.165, 1.54) is 0 Å². The molecule has 1 saturated carbocycles. The van der Waals surface area contributed by atoms with E-state index in [0.717, 1.165) is 6.42 Å². The summed E-state index contributed by atoms with van der Waals surface area (Å²) in [4.78, 5) is 22.9. The Balaban J connectivity index is 1.75. The van der Waals surface area contributed by atoms with Gasteiger partial charge >= 0.3 is 5.97 Å². The topological polar surface area (TPSA) is 55.4 Å². The van der Waals surface area contributed by atoms with Gasteiger partial charge in [-0.2, -0.15) is 0 Å². The van der Waals surface area contributed by atoms with Gasteiger partial charge < -0.3 is 10.1 Å². The van der Waals surface area contributed by atoms with Crippen molar-refractivity contribution in [1.29, 1.82) is 0 Å². The van der Waals surface area contributed by atoms with Gasteiger partial charge in [-0.15, -0.1) is 0 Å². The van der Waals surface area contributed by atoms with Gasteiger partial charge in [-0.3, -0.25) is 9.59 Å². The van der Waals surface area contributed by atoms with Crippen LogP contribution in [0.15, 0.2) is 24.3 Å². The molecule has 0 unspecified atom stereocenters. The molecule has 0 aromatic heterocycles. The first-order chi connectivity index (χ1) is 8.56. The van der Waals surface area contributed by atoms with Crippen molar-refractivity contribution in [2.24, 2.45) is 11.8 Å². The second-order valence-electron chi connectivity index (χ2n) is 4.48. The highest BCUT2D eigenvalue weighted by Crippen LogP contribution is 2.38. The van der Waals surface area contributed by atoms with Gasteiger partial charge in [0.05, 0.1) is 5.92 Å². The van der Waals surface area contributed by atoms with E-state index in [1.807, 2.05) is 6.92 Å².